The van der Waals surface area contributed by atoms with E-state index in [0.29, 0.717) is 4.90 Å². The molecule has 106 valence electrons. The molecule has 0 amide bonds. The minimum atomic E-state index is -3.18. The van der Waals surface area contributed by atoms with Crippen LogP contribution in [0.4, 0.5) is 0 Å². The molecule has 0 aliphatic rings. The van der Waals surface area contributed by atoms with Crippen LogP contribution >= 0.6 is 0 Å². The average Bonchev–Trinajstić information content (AvgIpc) is 2.41. The molecular formula is C16H19NO2S. The maximum atomic E-state index is 11.7. The van der Waals surface area contributed by atoms with Crippen LogP contribution in [0, 0.1) is 6.92 Å². The molecule has 0 spiro atoms. The summed E-state index contributed by atoms with van der Waals surface area (Å²) in [5, 5.41) is 3.24. The Hall–Kier alpha value is -1.65. The molecule has 1 unspecified atom stereocenters. The fourth-order valence-corrected chi connectivity index (χ4v) is 2.89. The summed E-state index contributed by atoms with van der Waals surface area (Å²) in [6, 6.07) is 15.3. The Labute approximate surface area is 120 Å². The molecule has 0 aromatic heterocycles. The van der Waals surface area contributed by atoms with E-state index in [1.54, 1.807) is 18.2 Å². The first-order chi connectivity index (χ1) is 9.41. The molecule has 2 rings (SSSR count). The Balaban J connectivity index is 2.44. The van der Waals surface area contributed by atoms with Crippen molar-refractivity contribution in [3.05, 3.63) is 65.2 Å². The summed E-state index contributed by atoms with van der Waals surface area (Å²) in [5.41, 5.74) is 3.26. The van der Waals surface area contributed by atoms with Gasteiger partial charge in [0.05, 0.1) is 10.9 Å². The first kappa shape index (κ1) is 14.8. The molecule has 0 aliphatic heterocycles. The highest BCUT2D eigenvalue weighted by atomic mass is 32.2. The largest absolute Gasteiger partial charge is 0.309 e. The van der Waals surface area contributed by atoms with Crippen molar-refractivity contribution in [2.24, 2.45) is 0 Å². The van der Waals surface area contributed by atoms with E-state index in [4.69, 9.17) is 0 Å². The number of rotatable bonds is 4. The molecule has 0 radical (unpaired) electrons. The minimum absolute atomic E-state index is 0.0164. The van der Waals surface area contributed by atoms with Gasteiger partial charge in [0.1, 0.15) is 0 Å². The van der Waals surface area contributed by atoms with Crippen molar-refractivity contribution in [1.29, 1.82) is 0 Å². The summed E-state index contributed by atoms with van der Waals surface area (Å²) in [5.74, 6) is 0. The van der Waals surface area contributed by atoms with E-state index < -0.39 is 9.84 Å². The molecule has 0 aliphatic carbocycles. The van der Waals surface area contributed by atoms with Crippen LogP contribution in [-0.2, 0) is 9.84 Å². The van der Waals surface area contributed by atoms with Crippen LogP contribution in [0.15, 0.2) is 53.4 Å². The standard InChI is InChI=1S/C16H19NO2S/c1-12-7-9-13(10-8-12)16(17-2)14-5-4-6-15(11-14)20(3,18)19/h4-11,16-17H,1-3H3. The highest BCUT2D eigenvalue weighted by Crippen LogP contribution is 2.24. The first-order valence-corrected chi connectivity index (χ1v) is 8.35. The van der Waals surface area contributed by atoms with Gasteiger partial charge in [-0.3, -0.25) is 0 Å². The normalized spacial score (nSPS) is 13.2. The van der Waals surface area contributed by atoms with Gasteiger partial charge < -0.3 is 5.32 Å². The van der Waals surface area contributed by atoms with Crippen LogP contribution in [0.1, 0.15) is 22.7 Å². The van der Waals surface area contributed by atoms with Crippen molar-refractivity contribution in [3.63, 3.8) is 0 Å². The molecule has 0 fully saturated rings. The van der Waals surface area contributed by atoms with E-state index in [1.165, 1.54) is 11.8 Å². The number of nitrogens with one attached hydrogen (secondary N) is 1. The van der Waals surface area contributed by atoms with Crippen LogP contribution in [0.2, 0.25) is 0 Å². The summed E-state index contributed by atoms with van der Waals surface area (Å²) < 4.78 is 23.3. The Kier molecular flexibility index (Phi) is 4.26. The lowest BCUT2D eigenvalue weighted by Gasteiger charge is -2.18. The van der Waals surface area contributed by atoms with Gasteiger partial charge in [-0.1, -0.05) is 42.0 Å². The second-order valence-corrected chi connectivity index (χ2v) is 6.99. The molecule has 0 saturated heterocycles. The minimum Gasteiger partial charge on any atom is -0.309 e. The number of hydrogen-bond acceptors (Lipinski definition) is 3. The molecule has 3 nitrogen and oxygen atoms in total. The number of hydrogen-bond donors (Lipinski definition) is 1. The zero-order chi connectivity index (χ0) is 14.8. The average molecular weight is 289 g/mol. The molecule has 1 N–H and O–H groups in total. The van der Waals surface area contributed by atoms with Crippen LogP contribution in [-0.4, -0.2) is 21.7 Å². The van der Waals surface area contributed by atoms with Crippen LogP contribution < -0.4 is 5.32 Å². The highest BCUT2D eigenvalue weighted by Gasteiger charge is 2.14. The summed E-state index contributed by atoms with van der Waals surface area (Å²) in [6.07, 6.45) is 1.23. The Morgan fingerprint density at radius 2 is 1.65 bits per heavy atom. The van der Waals surface area contributed by atoms with E-state index >= 15 is 0 Å². The fraction of sp³-hybridized carbons (Fsp3) is 0.250. The van der Waals surface area contributed by atoms with Crippen molar-refractivity contribution in [1.82, 2.24) is 5.32 Å². The number of sulfone groups is 1. The first-order valence-electron chi connectivity index (χ1n) is 6.45. The molecule has 20 heavy (non-hydrogen) atoms. The SMILES string of the molecule is CNC(c1ccc(C)cc1)c1cccc(S(C)(=O)=O)c1. The summed E-state index contributed by atoms with van der Waals surface area (Å²) in [6.45, 7) is 2.04. The van der Waals surface area contributed by atoms with Gasteiger partial charge in [0.2, 0.25) is 0 Å². The monoisotopic (exact) mass is 289 g/mol. The van der Waals surface area contributed by atoms with Gasteiger partial charge >= 0.3 is 0 Å². The van der Waals surface area contributed by atoms with E-state index in [1.807, 2.05) is 20.0 Å². The van der Waals surface area contributed by atoms with Crippen molar-refractivity contribution >= 4 is 9.84 Å². The third-order valence-electron chi connectivity index (χ3n) is 3.32. The van der Waals surface area contributed by atoms with E-state index in [0.717, 1.165) is 11.1 Å². The Morgan fingerprint density at radius 3 is 2.20 bits per heavy atom. The van der Waals surface area contributed by atoms with Crippen molar-refractivity contribution in [2.45, 2.75) is 17.9 Å². The van der Waals surface area contributed by atoms with Gasteiger partial charge in [0, 0.05) is 6.26 Å². The maximum absolute atomic E-state index is 11.7. The van der Waals surface area contributed by atoms with Crippen LogP contribution in [0.5, 0.6) is 0 Å². The van der Waals surface area contributed by atoms with Gasteiger partial charge in [-0.05, 0) is 37.2 Å². The molecule has 0 saturated carbocycles. The maximum Gasteiger partial charge on any atom is 0.175 e. The molecule has 1 atom stereocenters. The summed E-state index contributed by atoms with van der Waals surface area (Å²) >= 11 is 0. The van der Waals surface area contributed by atoms with Crippen molar-refractivity contribution in [3.8, 4) is 0 Å². The zero-order valence-corrected chi connectivity index (χ0v) is 12.7. The second kappa shape index (κ2) is 5.77. The lowest BCUT2D eigenvalue weighted by Crippen LogP contribution is -2.18. The number of aryl methyl sites for hydroxylation is 1. The molecule has 0 heterocycles. The zero-order valence-electron chi connectivity index (χ0n) is 11.9. The van der Waals surface area contributed by atoms with Gasteiger partial charge in [-0.2, -0.15) is 0 Å². The van der Waals surface area contributed by atoms with Crippen LogP contribution in [0.3, 0.4) is 0 Å². The Morgan fingerprint density at radius 1 is 1.00 bits per heavy atom. The van der Waals surface area contributed by atoms with E-state index in [-0.39, 0.29) is 6.04 Å². The predicted octanol–water partition coefficient (Wildman–Crippen LogP) is 2.71. The Bertz CT molecular complexity index is 691. The van der Waals surface area contributed by atoms with Gasteiger partial charge in [0.25, 0.3) is 0 Å². The van der Waals surface area contributed by atoms with E-state index in [2.05, 4.69) is 29.6 Å². The summed E-state index contributed by atoms with van der Waals surface area (Å²) in [4.78, 5) is 0.349. The highest BCUT2D eigenvalue weighted by molar-refractivity contribution is 7.90. The number of benzene rings is 2. The molecule has 2 aromatic rings. The molecule has 2 aromatic carbocycles. The van der Waals surface area contributed by atoms with Gasteiger partial charge in [-0.15, -0.1) is 0 Å². The van der Waals surface area contributed by atoms with E-state index in [9.17, 15) is 8.42 Å². The van der Waals surface area contributed by atoms with Crippen molar-refractivity contribution < 1.29 is 8.42 Å². The lowest BCUT2D eigenvalue weighted by molar-refractivity contribution is 0.601. The van der Waals surface area contributed by atoms with Gasteiger partial charge in [0.15, 0.2) is 9.84 Å². The molecule has 4 heteroatoms. The smallest absolute Gasteiger partial charge is 0.175 e. The second-order valence-electron chi connectivity index (χ2n) is 4.98. The predicted molar refractivity (Wildman–Crippen MR) is 81.6 cm³/mol. The third-order valence-corrected chi connectivity index (χ3v) is 4.43. The summed E-state index contributed by atoms with van der Waals surface area (Å²) in [7, 11) is -1.31. The third kappa shape index (κ3) is 3.26. The molecular weight excluding hydrogens is 270 g/mol. The lowest BCUT2D eigenvalue weighted by atomic mass is 9.98. The van der Waals surface area contributed by atoms with Crippen molar-refractivity contribution in [2.75, 3.05) is 13.3 Å². The molecule has 0 bridgehead atoms. The quantitative estimate of drug-likeness (QED) is 0.941. The van der Waals surface area contributed by atoms with Gasteiger partial charge in [-0.25, -0.2) is 8.42 Å². The topological polar surface area (TPSA) is 46.2 Å². The fourth-order valence-electron chi connectivity index (χ4n) is 2.21. The van der Waals surface area contributed by atoms with Crippen LogP contribution in [0.25, 0.3) is 0 Å².